The van der Waals surface area contributed by atoms with Crippen molar-refractivity contribution in [2.24, 2.45) is 5.92 Å². The first-order valence-corrected chi connectivity index (χ1v) is 15.0. The molecule has 2 heterocycles. The van der Waals surface area contributed by atoms with E-state index < -0.39 is 35.9 Å². The highest BCUT2D eigenvalue weighted by atomic mass is 32.2. The van der Waals surface area contributed by atoms with Crippen LogP contribution in [0.25, 0.3) is 0 Å². The van der Waals surface area contributed by atoms with Crippen LogP contribution in [0, 0.1) is 5.92 Å². The Balaban J connectivity index is 1.89. The third kappa shape index (κ3) is 5.07. The fraction of sp³-hybridized carbons (Fsp3) is 0.684. The second-order valence-electron chi connectivity index (χ2n) is 8.46. The van der Waals surface area contributed by atoms with Crippen LogP contribution in [0.4, 0.5) is 0 Å². The van der Waals surface area contributed by atoms with Crippen LogP contribution in [0.1, 0.15) is 39.5 Å². The number of hydrogen-bond donors (Lipinski definition) is 0. The molecule has 3 rings (SSSR count). The van der Waals surface area contributed by atoms with Gasteiger partial charge < -0.3 is 0 Å². The molecular weight excluding hydrogens is 448 g/mol. The molecule has 0 saturated carbocycles. The number of sulfonamides is 2. The molecule has 2 saturated heterocycles. The summed E-state index contributed by atoms with van der Waals surface area (Å²) < 4.78 is 78.7. The quantitative estimate of drug-likeness (QED) is 0.590. The topological polar surface area (TPSA) is 109 Å². The summed E-state index contributed by atoms with van der Waals surface area (Å²) in [4.78, 5) is 0.0484. The summed E-state index contributed by atoms with van der Waals surface area (Å²) in [7, 11) is -10.9. The van der Waals surface area contributed by atoms with Crippen molar-refractivity contribution in [3.05, 3.63) is 24.3 Å². The smallest absolute Gasteiger partial charge is 0.229 e. The Morgan fingerprint density at radius 2 is 1.57 bits per heavy atom. The Morgan fingerprint density at radius 1 is 1.00 bits per heavy atom. The zero-order chi connectivity index (χ0) is 22.2. The molecule has 0 aliphatic carbocycles. The standard InChI is InChI=1S/C19H30N2O6S3/c1-16(2)14-21(17-10-13-28(22,23)15-17)30(26,27)19-8-6-18(7-9-19)29(24,25)20-11-4-3-5-12-20/h6-9,16-17H,3-5,10-15H2,1-2H3. The predicted molar refractivity (Wildman–Crippen MR) is 115 cm³/mol. The molecule has 1 atom stereocenters. The second kappa shape index (κ2) is 8.85. The van der Waals surface area contributed by atoms with Crippen LogP contribution in [0.15, 0.2) is 34.1 Å². The Hall–Kier alpha value is -1.01. The fourth-order valence-electron chi connectivity index (χ4n) is 3.98. The van der Waals surface area contributed by atoms with Crippen LogP contribution >= 0.6 is 0 Å². The minimum atomic E-state index is -3.96. The van der Waals surface area contributed by atoms with E-state index in [1.807, 2.05) is 13.8 Å². The lowest BCUT2D eigenvalue weighted by Crippen LogP contribution is -2.43. The van der Waals surface area contributed by atoms with Crippen LogP contribution in [-0.4, -0.2) is 71.0 Å². The maximum absolute atomic E-state index is 13.3. The van der Waals surface area contributed by atoms with Gasteiger partial charge in [-0.3, -0.25) is 0 Å². The van der Waals surface area contributed by atoms with Crippen molar-refractivity contribution in [1.82, 2.24) is 8.61 Å². The van der Waals surface area contributed by atoms with E-state index in [0.717, 1.165) is 19.3 Å². The molecule has 0 bridgehead atoms. The van der Waals surface area contributed by atoms with Gasteiger partial charge in [0.2, 0.25) is 20.0 Å². The Morgan fingerprint density at radius 3 is 2.07 bits per heavy atom. The van der Waals surface area contributed by atoms with Gasteiger partial charge in [-0.15, -0.1) is 0 Å². The first-order chi connectivity index (χ1) is 13.9. The average molecular weight is 479 g/mol. The summed E-state index contributed by atoms with van der Waals surface area (Å²) in [5.74, 6) is -0.184. The highest BCUT2D eigenvalue weighted by Crippen LogP contribution is 2.28. The molecule has 1 aromatic rings. The van der Waals surface area contributed by atoms with Gasteiger partial charge in [-0.2, -0.15) is 8.61 Å². The van der Waals surface area contributed by atoms with Gasteiger partial charge in [0, 0.05) is 25.7 Å². The predicted octanol–water partition coefficient (Wildman–Crippen LogP) is 1.69. The van der Waals surface area contributed by atoms with Gasteiger partial charge in [0.15, 0.2) is 9.84 Å². The number of hydrogen-bond acceptors (Lipinski definition) is 6. The Bertz CT molecular complexity index is 1060. The van der Waals surface area contributed by atoms with E-state index in [-0.39, 0.29) is 40.2 Å². The maximum Gasteiger partial charge on any atom is 0.243 e. The minimum Gasteiger partial charge on any atom is -0.229 e. The fourth-order valence-corrected chi connectivity index (χ4v) is 9.14. The zero-order valence-corrected chi connectivity index (χ0v) is 19.8. The average Bonchev–Trinajstić information content (AvgIpc) is 3.06. The SMILES string of the molecule is CC(C)CN(C1CCS(=O)(=O)C1)S(=O)(=O)c1ccc(S(=O)(=O)N2CCCCC2)cc1. The molecule has 0 radical (unpaired) electrons. The van der Waals surface area contributed by atoms with Crippen molar-refractivity contribution in [3.63, 3.8) is 0 Å². The van der Waals surface area contributed by atoms with Crippen molar-refractivity contribution >= 4 is 29.9 Å². The molecule has 0 N–H and O–H groups in total. The molecule has 2 aliphatic heterocycles. The van der Waals surface area contributed by atoms with Gasteiger partial charge in [0.1, 0.15) is 0 Å². The number of piperidine rings is 1. The number of benzene rings is 1. The van der Waals surface area contributed by atoms with E-state index in [2.05, 4.69) is 0 Å². The first kappa shape index (κ1) is 23.6. The van der Waals surface area contributed by atoms with Gasteiger partial charge in [0.25, 0.3) is 0 Å². The summed E-state index contributed by atoms with van der Waals surface area (Å²) in [5, 5.41) is 0. The minimum absolute atomic E-state index is 0.0156. The normalized spacial score (nSPS) is 23.3. The summed E-state index contributed by atoms with van der Waals surface area (Å²) in [6.07, 6.45) is 2.92. The summed E-state index contributed by atoms with van der Waals surface area (Å²) >= 11 is 0. The van der Waals surface area contributed by atoms with Crippen LogP contribution in [0.3, 0.4) is 0 Å². The molecule has 170 valence electrons. The largest absolute Gasteiger partial charge is 0.243 e. The van der Waals surface area contributed by atoms with Gasteiger partial charge in [-0.25, -0.2) is 25.3 Å². The van der Waals surface area contributed by atoms with E-state index in [1.54, 1.807) is 0 Å². The molecular formula is C19H30N2O6S3. The Kier molecular flexibility index (Phi) is 6.98. The molecule has 2 aliphatic rings. The Labute approximate surface area is 180 Å². The molecule has 1 aromatic carbocycles. The molecule has 0 amide bonds. The van der Waals surface area contributed by atoms with Gasteiger partial charge in [-0.1, -0.05) is 20.3 Å². The van der Waals surface area contributed by atoms with Crippen molar-refractivity contribution in [2.45, 2.75) is 55.4 Å². The lowest BCUT2D eigenvalue weighted by Gasteiger charge is -2.29. The molecule has 1 unspecified atom stereocenters. The van der Waals surface area contributed by atoms with E-state index in [0.29, 0.717) is 13.1 Å². The molecule has 0 aromatic heterocycles. The second-order valence-corrected chi connectivity index (χ2v) is 14.5. The molecule has 30 heavy (non-hydrogen) atoms. The van der Waals surface area contributed by atoms with Crippen molar-refractivity contribution in [2.75, 3.05) is 31.1 Å². The van der Waals surface area contributed by atoms with Gasteiger partial charge >= 0.3 is 0 Å². The number of sulfone groups is 1. The highest BCUT2D eigenvalue weighted by molar-refractivity contribution is 7.92. The maximum atomic E-state index is 13.3. The van der Waals surface area contributed by atoms with Crippen LogP contribution in [0.5, 0.6) is 0 Å². The number of rotatable bonds is 7. The zero-order valence-electron chi connectivity index (χ0n) is 17.4. The monoisotopic (exact) mass is 478 g/mol. The summed E-state index contributed by atoms with van der Waals surface area (Å²) in [5.41, 5.74) is 0. The van der Waals surface area contributed by atoms with E-state index >= 15 is 0 Å². The van der Waals surface area contributed by atoms with Crippen LogP contribution in [-0.2, 0) is 29.9 Å². The molecule has 11 heteroatoms. The van der Waals surface area contributed by atoms with E-state index in [4.69, 9.17) is 0 Å². The lowest BCUT2D eigenvalue weighted by molar-refractivity contribution is 0.307. The van der Waals surface area contributed by atoms with Gasteiger partial charge in [-0.05, 0) is 49.4 Å². The van der Waals surface area contributed by atoms with Crippen LogP contribution < -0.4 is 0 Å². The summed E-state index contributed by atoms with van der Waals surface area (Å²) in [6.45, 7) is 4.90. The highest BCUT2D eigenvalue weighted by Gasteiger charge is 2.39. The third-order valence-electron chi connectivity index (χ3n) is 5.54. The number of nitrogens with zero attached hydrogens (tertiary/aromatic N) is 2. The van der Waals surface area contributed by atoms with Crippen molar-refractivity contribution in [3.8, 4) is 0 Å². The first-order valence-electron chi connectivity index (χ1n) is 10.3. The molecule has 8 nitrogen and oxygen atoms in total. The van der Waals surface area contributed by atoms with Crippen molar-refractivity contribution < 1.29 is 25.3 Å². The summed E-state index contributed by atoms with van der Waals surface area (Å²) in [6, 6.07) is 4.68. The van der Waals surface area contributed by atoms with E-state index in [9.17, 15) is 25.3 Å². The van der Waals surface area contributed by atoms with Crippen LogP contribution in [0.2, 0.25) is 0 Å². The molecule has 2 fully saturated rings. The third-order valence-corrected chi connectivity index (χ3v) is 11.1. The lowest BCUT2D eigenvalue weighted by atomic mass is 10.2. The molecule has 0 spiro atoms. The van der Waals surface area contributed by atoms with Crippen molar-refractivity contribution in [1.29, 1.82) is 0 Å². The van der Waals surface area contributed by atoms with Gasteiger partial charge in [0.05, 0.1) is 21.3 Å². The van der Waals surface area contributed by atoms with E-state index in [1.165, 1.54) is 32.9 Å².